The lowest BCUT2D eigenvalue weighted by Crippen LogP contribution is -2.05. The maximum atomic E-state index is 10.8. The molecule has 21 heavy (non-hydrogen) atoms. The van der Waals surface area contributed by atoms with Crippen LogP contribution >= 0.6 is 11.6 Å². The molecule has 0 fully saturated rings. The van der Waals surface area contributed by atoms with Crippen molar-refractivity contribution in [3.05, 3.63) is 64.2 Å². The Hall–Kier alpha value is -2.51. The highest BCUT2D eigenvalue weighted by molar-refractivity contribution is 6.31. The monoisotopic (exact) mass is 301 g/mol. The summed E-state index contributed by atoms with van der Waals surface area (Å²) >= 11 is 5.93. The second-order valence-corrected chi connectivity index (χ2v) is 4.79. The molecule has 0 aliphatic heterocycles. The summed E-state index contributed by atoms with van der Waals surface area (Å²) in [5.41, 5.74) is 1.90. The largest absolute Gasteiger partial charge is 0.489 e. The molecule has 0 unspecified atom stereocenters. The number of nitriles is 1. The number of hydrogen-bond acceptors (Lipinski definition) is 3. The van der Waals surface area contributed by atoms with Gasteiger partial charge in [0, 0.05) is 6.07 Å². The van der Waals surface area contributed by atoms with Gasteiger partial charge in [-0.25, -0.2) is 0 Å². The minimum Gasteiger partial charge on any atom is -0.489 e. The van der Waals surface area contributed by atoms with Crippen LogP contribution in [0.15, 0.2) is 42.5 Å². The van der Waals surface area contributed by atoms with Gasteiger partial charge in [-0.1, -0.05) is 35.9 Å². The summed E-state index contributed by atoms with van der Waals surface area (Å²) in [4.78, 5) is 10.8. The third kappa shape index (κ3) is 3.98. The minimum atomic E-state index is -0.885. The summed E-state index contributed by atoms with van der Waals surface area (Å²) in [6.45, 7) is 0.242. The molecule has 106 valence electrons. The number of carbonyl (C=O) groups is 1. The molecule has 0 radical (unpaired) electrons. The molecule has 2 aromatic carbocycles. The zero-order valence-electron chi connectivity index (χ0n) is 11.0. The fourth-order valence-electron chi connectivity index (χ4n) is 1.87. The molecule has 2 rings (SSSR count). The summed E-state index contributed by atoms with van der Waals surface area (Å²) in [6.07, 6.45) is -0.0480. The molecule has 4 nitrogen and oxygen atoms in total. The fourth-order valence-corrected chi connectivity index (χ4v) is 2.08. The molecule has 0 atom stereocenters. The summed E-state index contributed by atoms with van der Waals surface area (Å²) in [5, 5.41) is 18.0. The molecule has 0 spiro atoms. The summed E-state index contributed by atoms with van der Waals surface area (Å²) < 4.78 is 5.61. The zero-order valence-corrected chi connectivity index (χ0v) is 11.8. The number of ether oxygens (including phenoxy) is 1. The topological polar surface area (TPSA) is 70.3 Å². The first-order chi connectivity index (χ1) is 10.1. The second kappa shape index (κ2) is 6.78. The first-order valence-corrected chi connectivity index (χ1v) is 6.59. The van der Waals surface area contributed by atoms with Gasteiger partial charge in [-0.15, -0.1) is 0 Å². The van der Waals surface area contributed by atoms with Crippen LogP contribution in [-0.4, -0.2) is 11.1 Å². The first kappa shape index (κ1) is 14.9. The second-order valence-electron chi connectivity index (χ2n) is 4.38. The smallest absolute Gasteiger partial charge is 0.307 e. The van der Waals surface area contributed by atoms with Crippen LogP contribution in [0, 0.1) is 11.3 Å². The van der Waals surface area contributed by atoms with Crippen LogP contribution in [0.25, 0.3) is 0 Å². The molecular formula is C16H12ClNO3. The van der Waals surface area contributed by atoms with Gasteiger partial charge in [-0.05, 0) is 23.3 Å². The quantitative estimate of drug-likeness (QED) is 0.918. The van der Waals surface area contributed by atoms with E-state index in [1.165, 1.54) is 0 Å². The molecule has 0 aromatic heterocycles. The van der Waals surface area contributed by atoms with Gasteiger partial charge in [0.25, 0.3) is 0 Å². The molecule has 0 heterocycles. The number of rotatable bonds is 5. The van der Waals surface area contributed by atoms with Gasteiger partial charge in [-0.2, -0.15) is 5.26 Å². The van der Waals surface area contributed by atoms with Crippen LogP contribution in [0.1, 0.15) is 16.7 Å². The Bertz CT molecular complexity index is 707. The lowest BCUT2D eigenvalue weighted by molar-refractivity contribution is -0.136. The van der Waals surface area contributed by atoms with E-state index in [1.54, 1.807) is 30.3 Å². The van der Waals surface area contributed by atoms with E-state index in [-0.39, 0.29) is 13.0 Å². The van der Waals surface area contributed by atoms with Crippen LogP contribution in [0.2, 0.25) is 5.02 Å². The number of nitrogens with zero attached hydrogens (tertiary/aromatic N) is 1. The Kier molecular flexibility index (Phi) is 4.81. The number of carboxylic acids is 1. The lowest BCUT2D eigenvalue weighted by Gasteiger charge is -2.10. The first-order valence-electron chi connectivity index (χ1n) is 6.21. The van der Waals surface area contributed by atoms with Crippen molar-refractivity contribution >= 4 is 17.6 Å². The summed E-state index contributed by atoms with van der Waals surface area (Å²) in [5.74, 6) is -0.354. The Morgan fingerprint density at radius 3 is 2.57 bits per heavy atom. The number of benzene rings is 2. The van der Waals surface area contributed by atoms with Crippen molar-refractivity contribution in [2.45, 2.75) is 13.0 Å². The minimum absolute atomic E-state index is 0.0480. The molecule has 0 amide bonds. The lowest BCUT2D eigenvalue weighted by atomic mass is 10.1. The van der Waals surface area contributed by atoms with Gasteiger partial charge in [-0.3, -0.25) is 4.79 Å². The zero-order chi connectivity index (χ0) is 15.2. The van der Waals surface area contributed by atoms with Crippen molar-refractivity contribution in [3.63, 3.8) is 0 Å². The van der Waals surface area contributed by atoms with Crippen molar-refractivity contribution in [1.82, 2.24) is 0 Å². The van der Waals surface area contributed by atoms with Gasteiger partial charge >= 0.3 is 5.97 Å². The predicted octanol–water partition coefficient (Wildman–Crippen LogP) is 3.42. The van der Waals surface area contributed by atoms with E-state index in [4.69, 9.17) is 26.7 Å². The number of hydrogen-bond donors (Lipinski definition) is 1. The van der Waals surface area contributed by atoms with Crippen LogP contribution in [0.3, 0.4) is 0 Å². The molecule has 1 N–H and O–H groups in total. The Labute approximate surface area is 127 Å². The van der Waals surface area contributed by atoms with E-state index in [2.05, 4.69) is 0 Å². The van der Waals surface area contributed by atoms with E-state index in [0.717, 1.165) is 5.56 Å². The molecule has 5 heteroatoms. The maximum Gasteiger partial charge on any atom is 0.307 e. The van der Waals surface area contributed by atoms with E-state index >= 15 is 0 Å². The van der Waals surface area contributed by atoms with E-state index in [1.807, 2.05) is 18.2 Å². The van der Waals surface area contributed by atoms with E-state index < -0.39 is 5.97 Å². The molecule has 0 aliphatic rings. The van der Waals surface area contributed by atoms with Crippen molar-refractivity contribution in [1.29, 1.82) is 5.26 Å². The van der Waals surface area contributed by atoms with Gasteiger partial charge in [0.05, 0.1) is 17.0 Å². The standard InChI is InChI=1S/C16H12ClNO3/c17-15-8-14(6-5-12(15)9-18)21-10-13-4-2-1-3-11(13)7-16(19)20/h1-6,8H,7,10H2,(H,19,20). The third-order valence-electron chi connectivity index (χ3n) is 2.92. The maximum absolute atomic E-state index is 10.8. The van der Waals surface area contributed by atoms with Crippen LogP contribution in [0.5, 0.6) is 5.75 Å². The molecule has 2 aromatic rings. The number of halogens is 1. The van der Waals surface area contributed by atoms with E-state index in [0.29, 0.717) is 21.9 Å². The van der Waals surface area contributed by atoms with Gasteiger partial charge < -0.3 is 9.84 Å². The highest BCUT2D eigenvalue weighted by Crippen LogP contribution is 2.23. The highest BCUT2D eigenvalue weighted by Gasteiger charge is 2.07. The molecule has 0 aliphatic carbocycles. The van der Waals surface area contributed by atoms with Crippen molar-refractivity contribution in [2.24, 2.45) is 0 Å². The Morgan fingerprint density at radius 2 is 1.95 bits per heavy atom. The van der Waals surface area contributed by atoms with Crippen LogP contribution in [0.4, 0.5) is 0 Å². The number of carboxylic acid groups (broad SMARTS) is 1. The normalized spacial score (nSPS) is 9.90. The highest BCUT2D eigenvalue weighted by atomic mass is 35.5. The van der Waals surface area contributed by atoms with Gasteiger partial charge in [0.1, 0.15) is 18.4 Å². The number of aliphatic carboxylic acids is 1. The van der Waals surface area contributed by atoms with Gasteiger partial charge in [0.15, 0.2) is 0 Å². The Morgan fingerprint density at radius 1 is 1.24 bits per heavy atom. The molecule has 0 saturated carbocycles. The van der Waals surface area contributed by atoms with Crippen LogP contribution in [-0.2, 0) is 17.8 Å². The predicted molar refractivity (Wildman–Crippen MR) is 78.3 cm³/mol. The van der Waals surface area contributed by atoms with Crippen molar-refractivity contribution in [2.75, 3.05) is 0 Å². The summed E-state index contributed by atoms with van der Waals surface area (Å²) in [7, 11) is 0. The molecule has 0 bridgehead atoms. The molecule has 0 saturated heterocycles. The Balaban J connectivity index is 2.11. The SMILES string of the molecule is N#Cc1ccc(OCc2ccccc2CC(=O)O)cc1Cl. The van der Waals surface area contributed by atoms with Crippen molar-refractivity contribution in [3.8, 4) is 11.8 Å². The molecular weight excluding hydrogens is 290 g/mol. The third-order valence-corrected chi connectivity index (χ3v) is 3.23. The van der Waals surface area contributed by atoms with Crippen LogP contribution < -0.4 is 4.74 Å². The average molecular weight is 302 g/mol. The van der Waals surface area contributed by atoms with Crippen molar-refractivity contribution < 1.29 is 14.6 Å². The van der Waals surface area contributed by atoms with E-state index in [9.17, 15) is 4.79 Å². The average Bonchev–Trinajstić information content (AvgIpc) is 2.46. The van der Waals surface area contributed by atoms with Gasteiger partial charge in [0.2, 0.25) is 0 Å². The summed E-state index contributed by atoms with van der Waals surface area (Å²) in [6, 6.07) is 14.0. The fraction of sp³-hybridized carbons (Fsp3) is 0.125.